The molecule has 0 aliphatic heterocycles. The molecular weight excluding hydrogens is 325 g/mol. The second kappa shape index (κ2) is 8.21. The van der Waals surface area contributed by atoms with Gasteiger partial charge in [0.15, 0.2) is 5.34 Å². The summed E-state index contributed by atoms with van der Waals surface area (Å²) < 4.78 is 11.6. The van der Waals surface area contributed by atoms with E-state index in [2.05, 4.69) is 0 Å². The predicted molar refractivity (Wildman–Crippen MR) is 82.4 cm³/mol. The number of carboxylic acids is 2. The maximum absolute atomic E-state index is 11.6. The van der Waals surface area contributed by atoms with Crippen LogP contribution in [-0.2, 0) is 25.9 Å². The van der Waals surface area contributed by atoms with E-state index in [-0.39, 0.29) is 24.8 Å². The van der Waals surface area contributed by atoms with Gasteiger partial charge in [-0.3, -0.25) is 14.2 Å². The number of rotatable bonds is 9. The quantitative estimate of drug-likeness (QED) is 0.405. The number of hydrogen-bond donors (Lipinski definition) is 5. The van der Waals surface area contributed by atoms with Crippen molar-refractivity contribution in [2.75, 3.05) is 0 Å². The van der Waals surface area contributed by atoms with Crippen molar-refractivity contribution in [3.63, 3.8) is 0 Å². The third-order valence-electron chi connectivity index (χ3n) is 3.55. The van der Waals surface area contributed by atoms with Crippen molar-refractivity contribution in [2.45, 2.75) is 37.1 Å². The Morgan fingerprint density at radius 1 is 1.22 bits per heavy atom. The summed E-state index contributed by atoms with van der Waals surface area (Å²) in [5, 5.41) is 25.7. The van der Waals surface area contributed by atoms with E-state index in [1.807, 2.05) is 0 Å². The smallest absolute Gasteiger partial charge is 0.320 e. The molecular formula is C14H20NO7P. The molecule has 0 radical (unpaired) electrons. The van der Waals surface area contributed by atoms with Crippen LogP contribution in [0.15, 0.2) is 24.3 Å². The first-order valence-electron chi connectivity index (χ1n) is 6.92. The first-order valence-corrected chi connectivity index (χ1v) is 8.27. The highest BCUT2D eigenvalue weighted by Gasteiger charge is 2.36. The largest absolute Gasteiger partial charge is 0.481 e. The van der Waals surface area contributed by atoms with Crippen molar-refractivity contribution in [1.29, 1.82) is 0 Å². The fraction of sp³-hybridized carbons (Fsp3) is 0.429. The molecule has 2 unspecified atom stereocenters. The number of nitrogens with two attached hydrogens (primary N) is 1. The summed E-state index contributed by atoms with van der Waals surface area (Å²) in [6.07, 6.45) is -0.188. The van der Waals surface area contributed by atoms with Crippen LogP contribution in [0.5, 0.6) is 0 Å². The number of carboxylic acid groups (broad SMARTS) is 2. The Balaban J connectivity index is 2.89. The van der Waals surface area contributed by atoms with Crippen LogP contribution in [0.1, 0.15) is 30.4 Å². The zero-order valence-corrected chi connectivity index (χ0v) is 13.3. The maximum atomic E-state index is 11.6. The Hall–Kier alpha value is -1.73. The molecule has 9 heteroatoms. The molecule has 0 aliphatic rings. The number of benzene rings is 1. The molecule has 1 rings (SSSR count). The van der Waals surface area contributed by atoms with Crippen molar-refractivity contribution in [3.8, 4) is 0 Å². The topological polar surface area (TPSA) is 158 Å². The van der Waals surface area contributed by atoms with Crippen LogP contribution < -0.4 is 5.73 Å². The highest BCUT2D eigenvalue weighted by molar-refractivity contribution is 7.39. The van der Waals surface area contributed by atoms with Crippen molar-refractivity contribution in [1.82, 2.24) is 0 Å². The molecule has 0 saturated heterocycles. The number of aliphatic hydroxyl groups is 1. The van der Waals surface area contributed by atoms with Gasteiger partial charge < -0.3 is 25.9 Å². The molecule has 128 valence electrons. The molecule has 3 atom stereocenters. The zero-order chi connectivity index (χ0) is 17.6. The lowest BCUT2D eigenvalue weighted by molar-refractivity contribution is -0.139. The van der Waals surface area contributed by atoms with Gasteiger partial charge in [-0.05, 0) is 30.4 Å². The van der Waals surface area contributed by atoms with E-state index in [1.54, 1.807) is 12.1 Å². The first kappa shape index (κ1) is 19.3. The standard InChI is InChI=1S/C14H20NO7P/c15-11(13(18)19)7-8-14(20,23(21)22)10-4-1-9(2-5-10)3-6-12(16)17/h1-2,4-5,11,20,23H,3,6-8,15H2,(H,16,17)(H,18,19)(H,21,22)/t11-,14?/m0/s1. The third kappa shape index (κ3) is 5.44. The van der Waals surface area contributed by atoms with Crippen LogP contribution in [0.4, 0.5) is 0 Å². The van der Waals surface area contributed by atoms with E-state index in [1.165, 1.54) is 12.1 Å². The normalized spacial score (nSPS) is 16.3. The van der Waals surface area contributed by atoms with E-state index < -0.39 is 31.4 Å². The van der Waals surface area contributed by atoms with Crippen LogP contribution in [0, 0.1) is 0 Å². The molecule has 0 fully saturated rings. The van der Waals surface area contributed by atoms with Gasteiger partial charge in [0.2, 0.25) is 8.03 Å². The van der Waals surface area contributed by atoms with Gasteiger partial charge >= 0.3 is 11.9 Å². The van der Waals surface area contributed by atoms with Crippen LogP contribution in [0.25, 0.3) is 0 Å². The molecule has 0 saturated carbocycles. The zero-order valence-electron chi connectivity index (χ0n) is 12.3. The summed E-state index contributed by atoms with van der Waals surface area (Å²) in [6.45, 7) is 0. The van der Waals surface area contributed by atoms with Crippen LogP contribution in [0.3, 0.4) is 0 Å². The first-order chi connectivity index (χ1) is 10.7. The van der Waals surface area contributed by atoms with E-state index in [0.717, 1.165) is 0 Å². The SMILES string of the molecule is N[C@@H](CCC(O)(c1ccc(CCC(=O)O)cc1)[PH](=O)O)C(=O)O. The Labute approximate surface area is 133 Å². The minimum absolute atomic E-state index is 0.0479. The fourth-order valence-electron chi connectivity index (χ4n) is 2.06. The summed E-state index contributed by atoms with van der Waals surface area (Å²) in [6, 6.07) is 4.75. The number of aryl methyl sites for hydroxylation is 1. The van der Waals surface area contributed by atoms with E-state index >= 15 is 0 Å². The summed E-state index contributed by atoms with van der Waals surface area (Å²) in [7, 11) is -3.42. The van der Waals surface area contributed by atoms with E-state index in [9.17, 15) is 24.2 Å². The number of carbonyl (C=O) groups is 2. The maximum Gasteiger partial charge on any atom is 0.320 e. The monoisotopic (exact) mass is 345 g/mol. The Morgan fingerprint density at radius 2 is 1.78 bits per heavy atom. The molecule has 23 heavy (non-hydrogen) atoms. The van der Waals surface area contributed by atoms with Crippen LogP contribution in [0.2, 0.25) is 0 Å². The van der Waals surface area contributed by atoms with Gasteiger partial charge in [0, 0.05) is 6.42 Å². The predicted octanol–water partition coefficient (Wildman–Crippen LogP) is 0.508. The lowest BCUT2D eigenvalue weighted by atomic mass is 9.99. The highest BCUT2D eigenvalue weighted by atomic mass is 31.1. The Kier molecular flexibility index (Phi) is 6.90. The molecule has 0 amide bonds. The summed E-state index contributed by atoms with van der Waals surface area (Å²) in [5.74, 6) is -2.19. The minimum atomic E-state index is -3.42. The van der Waals surface area contributed by atoms with Crippen molar-refractivity contribution < 1.29 is 34.4 Å². The molecule has 1 aromatic carbocycles. The van der Waals surface area contributed by atoms with Gasteiger partial charge in [-0.25, -0.2) is 0 Å². The number of aliphatic carboxylic acids is 2. The van der Waals surface area contributed by atoms with Crippen LogP contribution >= 0.6 is 8.03 Å². The minimum Gasteiger partial charge on any atom is -0.481 e. The summed E-state index contributed by atoms with van der Waals surface area (Å²) in [4.78, 5) is 30.7. The van der Waals surface area contributed by atoms with Crippen molar-refractivity contribution in [3.05, 3.63) is 35.4 Å². The second-order valence-electron chi connectivity index (χ2n) is 5.24. The lowest BCUT2D eigenvalue weighted by Crippen LogP contribution is -2.33. The molecule has 0 aliphatic carbocycles. The third-order valence-corrected chi connectivity index (χ3v) is 4.79. The second-order valence-corrected chi connectivity index (χ2v) is 6.68. The van der Waals surface area contributed by atoms with E-state index in [0.29, 0.717) is 12.0 Å². The van der Waals surface area contributed by atoms with Crippen molar-refractivity contribution in [2.24, 2.45) is 5.73 Å². The van der Waals surface area contributed by atoms with Gasteiger partial charge in [0.25, 0.3) is 0 Å². The molecule has 1 aromatic rings. The Bertz CT molecular complexity index is 589. The van der Waals surface area contributed by atoms with Gasteiger partial charge in [0.05, 0.1) is 0 Å². The molecule has 0 bridgehead atoms. The Morgan fingerprint density at radius 3 is 2.22 bits per heavy atom. The average Bonchev–Trinajstić information content (AvgIpc) is 2.50. The van der Waals surface area contributed by atoms with E-state index in [4.69, 9.17) is 15.9 Å². The molecule has 0 spiro atoms. The van der Waals surface area contributed by atoms with Gasteiger partial charge in [-0.2, -0.15) is 0 Å². The fourth-order valence-corrected chi connectivity index (χ4v) is 2.83. The van der Waals surface area contributed by atoms with Crippen molar-refractivity contribution >= 4 is 20.0 Å². The molecule has 0 aromatic heterocycles. The van der Waals surface area contributed by atoms with Gasteiger partial charge in [-0.15, -0.1) is 0 Å². The highest BCUT2D eigenvalue weighted by Crippen LogP contribution is 2.45. The summed E-state index contributed by atoms with van der Waals surface area (Å²) >= 11 is 0. The lowest BCUT2D eigenvalue weighted by Gasteiger charge is -2.26. The average molecular weight is 345 g/mol. The molecule has 0 heterocycles. The molecule has 8 nitrogen and oxygen atoms in total. The number of hydrogen-bond acceptors (Lipinski definition) is 5. The summed E-state index contributed by atoms with van der Waals surface area (Å²) in [5.41, 5.74) is 6.23. The van der Waals surface area contributed by atoms with Gasteiger partial charge in [-0.1, -0.05) is 24.3 Å². The van der Waals surface area contributed by atoms with Crippen LogP contribution in [-0.4, -0.2) is 38.2 Å². The van der Waals surface area contributed by atoms with Gasteiger partial charge in [0.1, 0.15) is 6.04 Å². The molecule has 6 N–H and O–H groups in total.